The molecule has 0 aliphatic carbocycles. The fraction of sp³-hybridized carbons (Fsp3) is 0.700. The van der Waals surface area contributed by atoms with Gasteiger partial charge in [-0.1, -0.05) is 0 Å². The maximum Gasteiger partial charge on any atom is 0.146 e. The Morgan fingerprint density at radius 3 is 2.46 bits per heavy atom. The second-order valence-corrected chi connectivity index (χ2v) is 8.84. The van der Waals surface area contributed by atoms with Crippen LogP contribution in [0, 0.1) is 13.8 Å². The van der Waals surface area contributed by atoms with Gasteiger partial charge < -0.3 is 14.4 Å². The Morgan fingerprint density at radius 2 is 1.75 bits per heavy atom. The van der Waals surface area contributed by atoms with Crippen molar-refractivity contribution in [3.63, 3.8) is 0 Å². The third kappa shape index (κ3) is 4.31. The fourth-order valence-electron chi connectivity index (χ4n) is 3.93. The average Bonchev–Trinajstić information content (AvgIpc) is 3.01. The molecule has 0 bridgehead atoms. The number of methoxy groups -OCH3 is 1. The highest BCUT2D eigenvalue weighted by Crippen LogP contribution is 2.35. The summed E-state index contributed by atoms with van der Waals surface area (Å²) in [4.78, 5) is 19.8. The summed E-state index contributed by atoms with van der Waals surface area (Å²) < 4.78 is 10.7. The molecule has 2 aliphatic heterocycles. The van der Waals surface area contributed by atoms with Gasteiger partial charge in [0.2, 0.25) is 0 Å². The van der Waals surface area contributed by atoms with Gasteiger partial charge in [-0.3, -0.25) is 9.80 Å². The highest BCUT2D eigenvalue weighted by molar-refractivity contribution is 7.18. The van der Waals surface area contributed by atoms with Gasteiger partial charge in [0.1, 0.15) is 16.5 Å². The van der Waals surface area contributed by atoms with E-state index in [0.29, 0.717) is 0 Å². The van der Waals surface area contributed by atoms with Gasteiger partial charge in [-0.2, -0.15) is 0 Å². The highest BCUT2D eigenvalue weighted by Gasteiger charge is 2.24. The van der Waals surface area contributed by atoms with Gasteiger partial charge in [-0.15, -0.1) is 11.3 Å². The second kappa shape index (κ2) is 9.00. The van der Waals surface area contributed by atoms with Crippen LogP contribution in [0.2, 0.25) is 0 Å². The number of anilines is 1. The molecule has 28 heavy (non-hydrogen) atoms. The third-order valence-corrected chi connectivity index (χ3v) is 6.91. The van der Waals surface area contributed by atoms with E-state index in [-0.39, 0.29) is 0 Å². The van der Waals surface area contributed by atoms with E-state index in [9.17, 15) is 0 Å². The smallest absolute Gasteiger partial charge is 0.146 e. The van der Waals surface area contributed by atoms with Crippen LogP contribution >= 0.6 is 11.3 Å². The Labute approximate surface area is 171 Å². The summed E-state index contributed by atoms with van der Waals surface area (Å²) in [5, 5.41) is 1.25. The molecule has 0 N–H and O–H groups in total. The first-order valence-electron chi connectivity index (χ1n) is 10.2. The zero-order chi connectivity index (χ0) is 19.5. The van der Waals surface area contributed by atoms with Crippen molar-refractivity contribution >= 4 is 27.4 Å². The lowest BCUT2D eigenvalue weighted by molar-refractivity contribution is 0.0331. The molecular formula is C20H31N5O2S. The molecule has 0 unspecified atom stereocenters. The zero-order valence-electron chi connectivity index (χ0n) is 17.2. The van der Waals surface area contributed by atoms with E-state index in [2.05, 4.69) is 28.5 Å². The monoisotopic (exact) mass is 405 g/mol. The predicted molar refractivity (Wildman–Crippen MR) is 114 cm³/mol. The number of aromatic nitrogens is 2. The first-order chi connectivity index (χ1) is 13.7. The molecule has 2 saturated heterocycles. The molecule has 0 aromatic carbocycles. The molecule has 7 nitrogen and oxygen atoms in total. The van der Waals surface area contributed by atoms with Crippen molar-refractivity contribution in [2.75, 3.05) is 77.6 Å². The lowest BCUT2D eigenvalue weighted by atomic mass is 10.2. The van der Waals surface area contributed by atoms with Crippen LogP contribution in [0.15, 0.2) is 0 Å². The van der Waals surface area contributed by atoms with Crippen molar-refractivity contribution < 1.29 is 9.47 Å². The number of morpholine rings is 1. The molecule has 8 heteroatoms. The topological polar surface area (TPSA) is 54.0 Å². The Morgan fingerprint density at radius 1 is 1.00 bits per heavy atom. The summed E-state index contributed by atoms with van der Waals surface area (Å²) in [5.41, 5.74) is 1.33. The number of ether oxygens (including phenoxy) is 2. The number of hydrogen-bond donors (Lipinski definition) is 0. The van der Waals surface area contributed by atoms with E-state index < -0.39 is 0 Å². The van der Waals surface area contributed by atoms with Crippen LogP contribution in [0.3, 0.4) is 0 Å². The summed E-state index contributed by atoms with van der Waals surface area (Å²) in [6.07, 6.45) is 0. The van der Waals surface area contributed by atoms with E-state index in [1.165, 1.54) is 15.8 Å². The third-order valence-electron chi connectivity index (χ3n) is 5.81. The zero-order valence-corrected chi connectivity index (χ0v) is 18.1. The van der Waals surface area contributed by atoms with Crippen molar-refractivity contribution in [2.24, 2.45) is 0 Å². The van der Waals surface area contributed by atoms with Gasteiger partial charge in [-0.05, 0) is 19.4 Å². The summed E-state index contributed by atoms with van der Waals surface area (Å²) in [6, 6.07) is 0. The van der Waals surface area contributed by atoms with Crippen molar-refractivity contribution in [2.45, 2.75) is 20.4 Å². The van der Waals surface area contributed by atoms with Gasteiger partial charge in [-0.25, -0.2) is 9.97 Å². The van der Waals surface area contributed by atoms with E-state index in [1.54, 1.807) is 18.4 Å². The minimum atomic E-state index is 0.796. The van der Waals surface area contributed by atoms with Crippen LogP contribution in [0.25, 0.3) is 10.2 Å². The molecule has 2 aliphatic rings. The fourth-order valence-corrected chi connectivity index (χ4v) is 4.98. The van der Waals surface area contributed by atoms with Crippen LogP contribution in [-0.2, 0) is 16.0 Å². The number of fused-ring (bicyclic) bond motifs is 1. The normalized spacial score (nSPS) is 19.6. The number of thiophene rings is 1. The number of aryl methyl sites for hydroxylation is 2. The van der Waals surface area contributed by atoms with Crippen molar-refractivity contribution in [3.8, 4) is 0 Å². The van der Waals surface area contributed by atoms with Crippen LogP contribution in [0.4, 0.5) is 5.82 Å². The lowest BCUT2D eigenvalue weighted by Crippen LogP contribution is -2.47. The van der Waals surface area contributed by atoms with Crippen molar-refractivity contribution in [1.82, 2.24) is 19.8 Å². The van der Waals surface area contributed by atoms with Crippen LogP contribution in [-0.4, -0.2) is 92.5 Å². The summed E-state index contributed by atoms with van der Waals surface area (Å²) in [7, 11) is 1.77. The van der Waals surface area contributed by atoms with Crippen molar-refractivity contribution in [3.05, 3.63) is 16.3 Å². The molecule has 0 amide bonds. The van der Waals surface area contributed by atoms with Gasteiger partial charge in [0.15, 0.2) is 0 Å². The highest BCUT2D eigenvalue weighted by atomic mass is 32.1. The largest absolute Gasteiger partial charge is 0.383 e. The molecule has 4 heterocycles. The van der Waals surface area contributed by atoms with E-state index in [1.807, 2.05) is 0 Å². The quantitative estimate of drug-likeness (QED) is 0.728. The molecule has 4 rings (SSSR count). The standard InChI is InChI=1S/C20H31N5O2S/c1-15-16(2)28-20-18(15)19(25-6-4-23(5-7-25)8-11-26-3)21-17(22-20)14-24-9-12-27-13-10-24/h4-14H2,1-3H3. The van der Waals surface area contributed by atoms with Crippen molar-refractivity contribution in [1.29, 1.82) is 0 Å². The molecule has 0 saturated carbocycles. The average molecular weight is 406 g/mol. The number of nitrogens with zero attached hydrogens (tertiary/aromatic N) is 5. The Kier molecular flexibility index (Phi) is 6.42. The van der Waals surface area contributed by atoms with Gasteiger partial charge in [0.05, 0.1) is 31.8 Å². The molecule has 2 aromatic rings. The maximum absolute atomic E-state index is 5.48. The molecule has 154 valence electrons. The maximum atomic E-state index is 5.48. The Hall–Kier alpha value is -1.32. The Balaban J connectivity index is 1.58. The number of hydrogen-bond acceptors (Lipinski definition) is 8. The molecule has 2 aromatic heterocycles. The molecule has 2 fully saturated rings. The summed E-state index contributed by atoms with van der Waals surface area (Å²) >= 11 is 1.80. The minimum Gasteiger partial charge on any atom is -0.383 e. The number of rotatable bonds is 6. The number of piperazine rings is 1. The van der Waals surface area contributed by atoms with Crippen LogP contribution in [0.5, 0.6) is 0 Å². The molecule has 0 radical (unpaired) electrons. The van der Waals surface area contributed by atoms with Crippen LogP contribution < -0.4 is 4.90 Å². The van der Waals surface area contributed by atoms with Gasteiger partial charge in [0, 0.05) is 57.8 Å². The minimum absolute atomic E-state index is 0.796. The van der Waals surface area contributed by atoms with E-state index in [4.69, 9.17) is 19.4 Å². The summed E-state index contributed by atoms with van der Waals surface area (Å²) in [6.45, 7) is 14.6. The van der Waals surface area contributed by atoms with E-state index >= 15 is 0 Å². The second-order valence-electron chi connectivity index (χ2n) is 7.64. The lowest BCUT2D eigenvalue weighted by Gasteiger charge is -2.35. The summed E-state index contributed by atoms with van der Waals surface area (Å²) in [5.74, 6) is 2.06. The SMILES string of the molecule is COCCN1CCN(c2nc(CN3CCOCC3)nc3sc(C)c(C)c23)CC1. The van der Waals surface area contributed by atoms with E-state index in [0.717, 1.165) is 88.7 Å². The van der Waals surface area contributed by atoms with Gasteiger partial charge >= 0.3 is 0 Å². The Bertz CT molecular complexity index is 797. The molecule has 0 atom stereocenters. The molecule has 0 spiro atoms. The predicted octanol–water partition coefficient (Wildman–Crippen LogP) is 1.91. The first-order valence-corrected chi connectivity index (χ1v) is 11.0. The van der Waals surface area contributed by atoms with Crippen LogP contribution in [0.1, 0.15) is 16.3 Å². The molecular weight excluding hydrogens is 374 g/mol. The van der Waals surface area contributed by atoms with Gasteiger partial charge in [0.25, 0.3) is 0 Å². The first kappa shape index (κ1) is 20.0.